The Morgan fingerprint density at radius 2 is 2.09 bits per heavy atom. The lowest BCUT2D eigenvalue weighted by atomic mass is 9.79. The molecule has 4 rings (SSSR count). The lowest BCUT2D eigenvalue weighted by Crippen LogP contribution is -2.46. The van der Waals surface area contributed by atoms with Gasteiger partial charge in [-0.2, -0.15) is 5.10 Å². The highest BCUT2D eigenvalue weighted by Crippen LogP contribution is 2.38. The van der Waals surface area contributed by atoms with Crippen molar-refractivity contribution in [3.05, 3.63) is 48.3 Å². The van der Waals surface area contributed by atoms with Crippen LogP contribution in [-0.4, -0.2) is 40.3 Å². The van der Waals surface area contributed by atoms with Crippen LogP contribution in [0.5, 0.6) is 0 Å². The van der Waals surface area contributed by atoms with Gasteiger partial charge in [0.05, 0.1) is 12.3 Å². The Hall–Kier alpha value is -2.14. The van der Waals surface area contributed by atoms with Crippen molar-refractivity contribution in [3.63, 3.8) is 0 Å². The number of amides is 1. The summed E-state index contributed by atoms with van der Waals surface area (Å²) in [7, 11) is 0. The number of nitrogens with zero attached hydrogens (tertiary/aromatic N) is 3. The van der Waals surface area contributed by atoms with Crippen LogP contribution in [-0.2, 0) is 16.1 Å². The van der Waals surface area contributed by atoms with Crippen LogP contribution in [0.4, 0.5) is 0 Å². The molecule has 2 aliphatic heterocycles. The number of likely N-dealkylation sites (tertiary alicyclic amines) is 1. The lowest BCUT2D eigenvalue weighted by molar-refractivity contribution is -0.138. The molecule has 0 aliphatic carbocycles. The van der Waals surface area contributed by atoms with Gasteiger partial charge in [-0.15, -0.1) is 0 Å². The molecule has 1 aromatic heterocycles. The van der Waals surface area contributed by atoms with E-state index in [9.17, 15) is 4.79 Å². The van der Waals surface area contributed by atoms with Crippen molar-refractivity contribution in [3.8, 4) is 5.69 Å². The highest BCUT2D eigenvalue weighted by molar-refractivity contribution is 5.77. The summed E-state index contributed by atoms with van der Waals surface area (Å²) < 4.78 is 7.41. The average Bonchev–Trinajstić information content (AvgIpc) is 3.24. The zero-order valence-electron chi connectivity index (χ0n) is 13.1. The van der Waals surface area contributed by atoms with Crippen LogP contribution in [0.3, 0.4) is 0 Å². The number of hydrogen-bond donors (Lipinski definition) is 0. The molecule has 1 amide bonds. The minimum absolute atomic E-state index is 0.197. The van der Waals surface area contributed by atoms with Gasteiger partial charge in [0, 0.05) is 43.9 Å². The van der Waals surface area contributed by atoms with Crippen LogP contribution < -0.4 is 0 Å². The first-order valence-electron chi connectivity index (χ1n) is 8.19. The summed E-state index contributed by atoms with van der Waals surface area (Å²) in [5, 5.41) is 4.23. The predicted octanol–water partition coefficient (Wildman–Crippen LogP) is 2.40. The van der Waals surface area contributed by atoms with Gasteiger partial charge in [0.15, 0.2) is 0 Å². The van der Waals surface area contributed by atoms with Gasteiger partial charge < -0.3 is 9.64 Å². The van der Waals surface area contributed by atoms with Gasteiger partial charge in [-0.25, -0.2) is 4.68 Å². The van der Waals surface area contributed by atoms with E-state index in [0.717, 1.165) is 43.9 Å². The number of carbonyl (C=O) groups excluding carboxylic acids is 1. The monoisotopic (exact) mass is 311 g/mol. The second kappa shape index (κ2) is 5.81. The van der Waals surface area contributed by atoms with Gasteiger partial charge in [-0.3, -0.25) is 4.79 Å². The number of carbonyl (C=O) groups is 1. The predicted molar refractivity (Wildman–Crippen MR) is 86.1 cm³/mol. The molecule has 0 radical (unpaired) electrons. The van der Waals surface area contributed by atoms with Crippen molar-refractivity contribution >= 4 is 5.91 Å². The molecule has 1 atom stereocenters. The van der Waals surface area contributed by atoms with E-state index >= 15 is 0 Å². The summed E-state index contributed by atoms with van der Waals surface area (Å²) in [5.74, 6) is 0.263. The largest absolute Gasteiger partial charge is 0.381 e. The first-order valence-corrected chi connectivity index (χ1v) is 8.19. The van der Waals surface area contributed by atoms with Gasteiger partial charge in [-0.1, -0.05) is 12.1 Å². The maximum absolute atomic E-state index is 12.3. The molecule has 0 saturated carbocycles. The molecule has 1 aromatic carbocycles. The summed E-state index contributed by atoms with van der Waals surface area (Å²) in [5.41, 5.74) is 2.39. The Balaban J connectivity index is 1.47. The molecular formula is C18H21N3O2. The number of ether oxygens (including phenoxy) is 1. The standard InChI is InChI=1S/C18H21N3O2/c22-17-6-7-18(8-11-23-14-18)13-20(17)12-15-2-4-16(5-3-15)21-10-1-9-19-21/h1-5,9-10H,6-8,11-14H2. The molecule has 2 fully saturated rings. The highest BCUT2D eigenvalue weighted by Gasteiger charge is 2.41. The fourth-order valence-electron chi connectivity index (χ4n) is 3.61. The molecule has 0 bridgehead atoms. The minimum Gasteiger partial charge on any atom is -0.381 e. The maximum Gasteiger partial charge on any atom is 0.222 e. The molecule has 0 N–H and O–H groups in total. The second-order valence-corrected chi connectivity index (χ2v) is 6.67. The van der Waals surface area contributed by atoms with Crippen molar-refractivity contribution in [2.24, 2.45) is 5.41 Å². The van der Waals surface area contributed by atoms with E-state index in [4.69, 9.17) is 4.74 Å². The van der Waals surface area contributed by atoms with Crippen molar-refractivity contribution in [2.45, 2.75) is 25.8 Å². The summed E-state index contributed by atoms with van der Waals surface area (Å²) in [4.78, 5) is 14.3. The van der Waals surface area contributed by atoms with E-state index in [-0.39, 0.29) is 11.3 Å². The Kier molecular flexibility index (Phi) is 3.65. The lowest BCUT2D eigenvalue weighted by Gasteiger charge is -2.39. The summed E-state index contributed by atoms with van der Waals surface area (Å²) in [6.07, 6.45) is 6.39. The van der Waals surface area contributed by atoms with Crippen molar-refractivity contribution in [2.75, 3.05) is 19.8 Å². The molecule has 1 spiro atoms. The molecular weight excluding hydrogens is 290 g/mol. The van der Waals surface area contributed by atoms with E-state index in [0.29, 0.717) is 13.0 Å². The van der Waals surface area contributed by atoms with Gasteiger partial charge in [0.1, 0.15) is 0 Å². The van der Waals surface area contributed by atoms with Gasteiger partial charge in [-0.05, 0) is 36.6 Å². The minimum atomic E-state index is 0.197. The Bertz CT molecular complexity index is 673. The van der Waals surface area contributed by atoms with Crippen molar-refractivity contribution in [1.82, 2.24) is 14.7 Å². The summed E-state index contributed by atoms with van der Waals surface area (Å²) >= 11 is 0. The third-order valence-electron chi connectivity index (χ3n) is 5.01. The fourth-order valence-corrected chi connectivity index (χ4v) is 3.61. The molecule has 3 heterocycles. The first kappa shape index (κ1) is 14.5. The number of hydrogen-bond acceptors (Lipinski definition) is 3. The number of rotatable bonds is 3. The quantitative estimate of drug-likeness (QED) is 0.874. The zero-order valence-corrected chi connectivity index (χ0v) is 13.1. The Labute approximate surface area is 135 Å². The van der Waals surface area contributed by atoms with E-state index in [2.05, 4.69) is 17.2 Å². The van der Waals surface area contributed by atoms with E-state index in [1.807, 2.05) is 34.0 Å². The highest BCUT2D eigenvalue weighted by atomic mass is 16.5. The molecule has 1 unspecified atom stereocenters. The number of piperidine rings is 1. The number of benzene rings is 1. The molecule has 2 aromatic rings. The smallest absolute Gasteiger partial charge is 0.222 e. The molecule has 23 heavy (non-hydrogen) atoms. The van der Waals surface area contributed by atoms with Crippen LogP contribution in [0, 0.1) is 5.41 Å². The maximum atomic E-state index is 12.3. The first-order chi connectivity index (χ1) is 11.2. The van der Waals surface area contributed by atoms with Gasteiger partial charge in [0.2, 0.25) is 5.91 Å². The molecule has 120 valence electrons. The van der Waals surface area contributed by atoms with E-state index < -0.39 is 0 Å². The summed E-state index contributed by atoms with van der Waals surface area (Å²) in [6, 6.07) is 10.2. The van der Waals surface area contributed by atoms with Crippen LogP contribution in [0.15, 0.2) is 42.7 Å². The molecule has 5 nitrogen and oxygen atoms in total. The van der Waals surface area contributed by atoms with Gasteiger partial charge in [0.25, 0.3) is 0 Å². The summed E-state index contributed by atoms with van der Waals surface area (Å²) in [6.45, 7) is 3.14. The van der Waals surface area contributed by atoms with Crippen LogP contribution >= 0.6 is 0 Å². The van der Waals surface area contributed by atoms with Crippen molar-refractivity contribution in [1.29, 1.82) is 0 Å². The Morgan fingerprint density at radius 3 is 2.78 bits per heavy atom. The SMILES string of the molecule is O=C1CCC2(CCOC2)CN1Cc1ccc(-n2cccn2)cc1. The molecule has 2 aliphatic rings. The van der Waals surface area contributed by atoms with Crippen LogP contribution in [0.25, 0.3) is 5.69 Å². The third kappa shape index (κ3) is 2.88. The number of aromatic nitrogens is 2. The third-order valence-corrected chi connectivity index (χ3v) is 5.01. The second-order valence-electron chi connectivity index (χ2n) is 6.67. The van der Waals surface area contributed by atoms with Crippen LogP contribution in [0.1, 0.15) is 24.8 Å². The van der Waals surface area contributed by atoms with Gasteiger partial charge >= 0.3 is 0 Å². The molecule has 5 heteroatoms. The fraction of sp³-hybridized carbons (Fsp3) is 0.444. The van der Waals surface area contributed by atoms with Crippen LogP contribution in [0.2, 0.25) is 0 Å². The topological polar surface area (TPSA) is 47.4 Å². The van der Waals surface area contributed by atoms with E-state index in [1.54, 1.807) is 6.20 Å². The Morgan fingerprint density at radius 1 is 1.22 bits per heavy atom. The van der Waals surface area contributed by atoms with E-state index in [1.165, 1.54) is 0 Å². The molecule has 2 saturated heterocycles. The zero-order chi connectivity index (χ0) is 15.7. The average molecular weight is 311 g/mol. The van der Waals surface area contributed by atoms with Crippen molar-refractivity contribution < 1.29 is 9.53 Å². The normalized spacial score (nSPS) is 24.5.